The van der Waals surface area contributed by atoms with Gasteiger partial charge < -0.3 is 4.90 Å². The molecule has 0 aromatic heterocycles. The van der Waals surface area contributed by atoms with E-state index >= 15 is 0 Å². The van der Waals surface area contributed by atoms with Crippen molar-refractivity contribution in [3.05, 3.63) is 0 Å². The molecule has 4 saturated carbocycles. The van der Waals surface area contributed by atoms with Crippen LogP contribution in [0.25, 0.3) is 0 Å². The molecule has 0 N–H and O–H groups in total. The summed E-state index contributed by atoms with van der Waals surface area (Å²) in [6.45, 7) is 1.31. The van der Waals surface area contributed by atoms with Crippen LogP contribution in [0.15, 0.2) is 0 Å². The first-order valence-corrected chi connectivity index (χ1v) is 6.87. The van der Waals surface area contributed by atoms with Gasteiger partial charge in [-0.05, 0) is 88.8 Å². The molecule has 4 rings (SSSR count). The first-order valence-electron chi connectivity index (χ1n) is 6.87. The standard InChI is InChI=1S/C14H25N/c1-15(2)4-3-14-12-6-10-5-11(8-12)9-13(14)7-10/h10-14H,3-9H2,1-2H3. The third-order valence-corrected chi connectivity index (χ3v) is 5.33. The monoisotopic (exact) mass is 207 g/mol. The van der Waals surface area contributed by atoms with Crippen molar-refractivity contribution in [2.24, 2.45) is 29.6 Å². The van der Waals surface area contributed by atoms with E-state index in [0.29, 0.717) is 0 Å². The Morgan fingerprint density at radius 1 is 0.867 bits per heavy atom. The van der Waals surface area contributed by atoms with Crippen LogP contribution in [0.3, 0.4) is 0 Å². The highest BCUT2D eigenvalue weighted by atomic mass is 15.0. The second-order valence-electron chi connectivity index (χ2n) is 6.69. The van der Waals surface area contributed by atoms with Gasteiger partial charge in [0, 0.05) is 0 Å². The maximum atomic E-state index is 2.37. The summed E-state index contributed by atoms with van der Waals surface area (Å²) >= 11 is 0. The minimum absolute atomic E-state index is 1.10. The topological polar surface area (TPSA) is 3.24 Å². The van der Waals surface area contributed by atoms with Crippen LogP contribution >= 0.6 is 0 Å². The Labute approximate surface area is 94.2 Å². The largest absolute Gasteiger partial charge is 0.309 e. The van der Waals surface area contributed by atoms with E-state index in [0.717, 1.165) is 29.6 Å². The van der Waals surface area contributed by atoms with Gasteiger partial charge >= 0.3 is 0 Å². The van der Waals surface area contributed by atoms with Crippen LogP contribution in [0.4, 0.5) is 0 Å². The Morgan fingerprint density at radius 3 is 1.87 bits per heavy atom. The molecule has 4 fully saturated rings. The molecule has 1 nitrogen and oxygen atoms in total. The molecule has 0 saturated heterocycles. The van der Waals surface area contributed by atoms with Crippen LogP contribution in [0.1, 0.15) is 38.5 Å². The highest BCUT2D eigenvalue weighted by molar-refractivity contribution is 4.97. The molecule has 4 aliphatic carbocycles. The lowest BCUT2D eigenvalue weighted by Crippen LogP contribution is -2.45. The third-order valence-electron chi connectivity index (χ3n) is 5.33. The van der Waals surface area contributed by atoms with E-state index < -0.39 is 0 Å². The normalized spacial score (nSPS) is 47.8. The molecule has 0 heterocycles. The van der Waals surface area contributed by atoms with Crippen molar-refractivity contribution in [3.63, 3.8) is 0 Å². The molecule has 1 heteroatoms. The lowest BCUT2D eigenvalue weighted by atomic mass is 9.51. The Hall–Kier alpha value is -0.0400. The summed E-state index contributed by atoms with van der Waals surface area (Å²) in [6, 6.07) is 0. The molecule has 0 aromatic rings. The van der Waals surface area contributed by atoms with Gasteiger partial charge in [-0.15, -0.1) is 0 Å². The smallest absolute Gasteiger partial charge is 0.00220 e. The average molecular weight is 207 g/mol. The van der Waals surface area contributed by atoms with Gasteiger partial charge in [-0.25, -0.2) is 0 Å². The summed E-state index contributed by atoms with van der Waals surface area (Å²) in [5, 5.41) is 0. The molecule has 86 valence electrons. The molecule has 0 radical (unpaired) electrons. The van der Waals surface area contributed by atoms with Gasteiger partial charge in [0.1, 0.15) is 0 Å². The highest BCUT2D eigenvalue weighted by Gasteiger charge is 2.47. The van der Waals surface area contributed by atoms with Gasteiger partial charge in [-0.1, -0.05) is 0 Å². The number of nitrogens with zero attached hydrogens (tertiary/aromatic N) is 1. The lowest BCUT2D eigenvalue weighted by molar-refractivity contribution is -0.0414. The maximum absolute atomic E-state index is 2.37. The fourth-order valence-electron chi connectivity index (χ4n) is 4.92. The molecule has 15 heavy (non-hydrogen) atoms. The summed E-state index contributed by atoms with van der Waals surface area (Å²) in [5.41, 5.74) is 0. The Bertz CT molecular complexity index is 205. The van der Waals surface area contributed by atoms with Crippen molar-refractivity contribution in [2.45, 2.75) is 38.5 Å². The van der Waals surface area contributed by atoms with Gasteiger partial charge in [0.05, 0.1) is 0 Å². The van der Waals surface area contributed by atoms with Crippen molar-refractivity contribution in [1.29, 1.82) is 0 Å². The molecule has 4 bridgehead atoms. The predicted molar refractivity (Wildman–Crippen MR) is 63.7 cm³/mol. The SMILES string of the molecule is CN(C)CCC1C2CC3CC(C2)CC1C3. The summed E-state index contributed by atoms with van der Waals surface area (Å²) in [4.78, 5) is 2.37. The Kier molecular flexibility index (Phi) is 2.54. The molecule has 4 aliphatic rings. The zero-order chi connectivity index (χ0) is 10.4. The van der Waals surface area contributed by atoms with E-state index in [1.54, 1.807) is 32.1 Å². The number of rotatable bonds is 3. The first-order chi connectivity index (χ1) is 7.22. The van der Waals surface area contributed by atoms with Crippen molar-refractivity contribution in [3.8, 4) is 0 Å². The van der Waals surface area contributed by atoms with Crippen molar-refractivity contribution < 1.29 is 0 Å². The van der Waals surface area contributed by atoms with Gasteiger partial charge in [0.15, 0.2) is 0 Å². The second-order valence-corrected chi connectivity index (χ2v) is 6.69. The van der Waals surface area contributed by atoms with Crippen molar-refractivity contribution in [2.75, 3.05) is 20.6 Å². The van der Waals surface area contributed by atoms with Crippen LogP contribution in [0.2, 0.25) is 0 Å². The Morgan fingerprint density at radius 2 is 1.40 bits per heavy atom. The fourth-order valence-corrected chi connectivity index (χ4v) is 4.92. The third kappa shape index (κ3) is 1.84. The highest BCUT2D eigenvalue weighted by Crippen LogP contribution is 2.57. The van der Waals surface area contributed by atoms with Gasteiger partial charge in [0.25, 0.3) is 0 Å². The minimum atomic E-state index is 1.10. The van der Waals surface area contributed by atoms with Crippen LogP contribution in [0.5, 0.6) is 0 Å². The first kappa shape index (κ1) is 10.1. The molecule has 0 spiro atoms. The van der Waals surface area contributed by atoms with E-state index in [2.05, 4.69) is 19.0 Å². The maximum Gasteiger partial charge on any atom is -0.00220 e. The summed E-state index contributed by atoms with van der Waals surface area (Å²) in [6.07, 6.45) is 9.42. The molecule has 0 unspecified atom stereocenters. The quantitative estimate of drug-likeness (QED) is 0.687. The molecular weight excluding hydrogens is 182 g/mol. The van der Waals surface area contributed by atoms with E-state index in [1.165, 1.54) is 13.0 Å². The zero-order valence-electron chi connectivity index (χ0n) is 10.3. The fraction of sp³-hybridized carbons (Fsp3) is 1.00. The summed E-state index contributed by atoms with van der Waals surface area (Å²) in [7, 11) is 4.44. The van der Waals surface area contributed by atoms with E-state index in [-0.39, 0.29) is 0 Å². The van der Waals surface area contributed by atoms with E-state index in [4.69, 9.17) is 0 Å². The van der Waals surface area contributed by atoms with Crippen molar-refractivity contribution in [1.82, 2.24) is 4.90 Å². The summed E-state index contributed by atoms with van der Waals surface area (Å²) in [5.74, 6) is 5.63. The lowest BCUT2D eigenvalue weighted by Gasteiger charge is -2.54. The Balaban J connectivity index is 1.64. The average Bonchev–Trinajstić information content (AvgIpc) is 2.14. The van der Waals surface area contributed by atoms with Crippen molar-refractivity contribution >= 4 is 0 Å². The van der Waals surface area contributed by atoms with E-state index in [1.807, 2.05) is 0 Å². The molecule has 0 aliphatic heterocycles. The predicted octanol–water partition coefficient (Wildman–Crippen LogP) is 3.01. The number of hydrogen-bond acceptors (Lipinski definition) is 1. The minimum Gasteiger partial charge on any atom is -0.309 e. The van der Waals surface area contributed by atoms with Crippen LogP contribution in [-0.4, -0.2) is 25.5 Å². The number of hydrogen-bond donors (Lipinski definition) is 0. The van der Waals surface area contributed by atoms with Crippen LogP contribution in [-0.2, 0) is 0 Å². The van der Waals surface area contributed by atoms with Gasteiger partial charge in [-0.2, -0.15) is 0 Å². The molecule has 0 aromatic carbocycles. The second kappa shape index (κ2) is 3.76. The molecule has 0 atom stereocenters. The van der Waals surface area contributed by atoms with Crippen LogP contribution < -0.4 is 0 Å². The zero-order valence-corrected chi connectivity index (χ0v) is 10.3. The van der Waals surface area contributed by atoms with E-state index in [9.17, 15) is 0 Å². The van der Waals surface area contributed by atoms with Gasteiger partial charge in [0.2, 0.25) is 0 Å². The van der Waals surface area contributed by atoms with Gasteiger partial charge in [-0.3, -0.25) is 0 Å². The molecular formula is C14H25N. The van der Waals surface area contributed by atoms with Crippen LogP contribution in [0, 0.1) is 29.6 Å². The summed E-state index contributed by atoms with van der Waals surface area (Å²) < 4.78 is 0. The molecule has 0 amide bonds.